The molecule has 0 fully saturated rings. The van der Waals surface area contributed by atoms with Gasteiger partial charge in [0, 0.05) is 7.11 Å². The Morgan fingerprint density at radius 1 is 1.44 bits per heavy atom. The van der Waals surface area contributed by atoms with Crippen LogP contribution in [0.1, 0.15) is 30.0 Å². The van der Waals surface area contributed by atoms with Crippen LogP contribution in [-0.2, 0) is 4.74 Å². The van der Waals surface area contributed by atoms with Crippen molar-refractivity contribution < 1.29 is 9.53 Å². The van der Waals surface area contributed by atoms with Crippen molar-refractivity contribution in [2.75, 3.05) is 19.0 Å². The number of methoxy groups -OCH3 is 1. The fraction of sp³-hybridized carbons (Fsp3) is 0.583. The summed E-state index contributed by atoms with van der Waals surface area (Å²) in [5, 5.41) is 3.36. The van der Waals surface area contributed by atoms with E-state index in [2.05, 4.69) is 29.1 Å². The van der Waals surface area contributed by atoms with Crippen molar-refractivity contribution in [3.05, 3.63) is 16.5 Å². The van der Waals surface area contributed by atoms with Crippen LogP contribution in [0.4, 0.5) is 5.82 Å². The first-order valence-electron chi connectivity index (χ1n) is 5.74. The lowest BCUT2D eigenvalue weighted by Gasteiger charge is -2.23. The molecule has 0 aliphatic heterocycles. The maximum Gasteiger partial charge on any atom is 0.156 e. The second-order valence-electron chi connectivity index (χ2n) is 4.39. The molecule has 1 aromatic rings. The van der Waals surface area contributed by atoms with Crippen LogP contribution in [0.5, 0.6) is 0 Å². The number of anilines is 1. The number of aromatic nitrogens is 2. The van der Waals surface area contributed by atoms with Gasteiger partial charge in [0.05, 0.1) is 18.2 Å². The largest absolute Gasteiger partial charge is 0.383 e. The summed E-state index contributed by atoms with van der Waals surface area (Å²) in [4.78, 5) is 19.2. The van der Waals surface area contributed by atoms with Crippen LogP contribution >= 0.6 is 11.6 Å². The number of hydrogen-bond acceptors (Lipinski definition) is 5. The lowest BCUT2D eigenvalue weighted by atomic mass is 10.1. The Hall–Kier alpha value is -1.20. The Bertz CT molecular complexity index is 424. The molecule has 0 aliphatic carbocycles. The first-order chi connectivity index (χ1) is 8.49. The summed E-state index contributed by atoms with van der Waals surface area (Å²) in [7, 11) is 1.63. The topological polar surface area (TPSA) is 64.1 Å². The highest BCUT2D eigenvalue weighted by atomic mass is 35.5. The summed E-state index contributed by atoms with van der Waals surface area (Å²) in [6.07, 6.45) is 0.661. The summed E-state index contributed by atoms with van der Waals surface area (Å²) in [6, 6.07) is 0.0547. The first kappa shape index (κ1) is 14.9. The number of aldehydes is 1. The summed E-state index contributed by atoms with van der Waals surface area (Å²) < 4.78 is 5.14. The van der Waals surface area contributed by atoms with Crippen LogP contribution in [0, 0.1) is 12.8 Å². The molecule has 1 unspecified atom stereocenters. The molecule has 0 aliphatic rings. The third-order valence-electron chi connectivity index (χ3n) is 2.60. The molecular formula is C12H18ClN3O2. The first-order valence-corrected chi connectivity index (χ1v) is 6.12. The number of nitrogens with one attached hydrogen (secondary N) is 1. The summed E-state index contributed by atoms with van der Waals surface area (Å²) in [6.45, 7) is 6.38. The highest BCUT2D eigenvalue weighted by Gasteiger charge is 2.18. The Labute approximate surface area is 112 Å². The number of rotatable bonds is 6. The zero-order valence-electron chi connectivity index (χ0n) is 11.0. The van der Waals surface area contributed by atoms with Crippen LogP contribution in [-0.4, -0.2) is 36.0 Å². The number of carbonyl (C=O) groups is 1. The molecular weight excluding hydrogens is 254 g/mol. The van der Waals surface area contributed by atoms with Gasteiger partial charge in [-0.25, -0.2) is 9.97 Å². The van der Waals surface area contributed by atoms with E-state index < -0.39 is 0 Å². The van der Waals surface area contributed by atoms with E-state index in [1.54, 1.807) is 14.0 Å². The SMILES string of the molecule is COCC(Nc1nc(C)nc(Cl)c1C=O)C(C)C. The molecule has 0 bridgehead atoms. The minimum atomic E-state index is 0.0547. The standard InChI is InChI=1S/C12H18ClN3O2/c1-7(2)10(6-18-4)16-12-9(5-17)11(13)14-8(3)15-12/h5,7,10H,6H2,1-4H3,(H,14,15,16). The van der Waals surface area contributed by atoms with E-state index >= 15 is 0 Å². The fourth-order valence-corrected chi connectivity index (χ4v) is 1.77. The van der Waals surface area contributed by atoms with E-state index in [-0.39, 0.29) is 16.8 Å². The maximum atomic E-state index is 11.0. The minimum Gasteiger partial charge on any atom is -0.383 e. The molecule has 0 radical (unpaired) electrons. The van der Waals surface area contributed by atoms with Gasteiger partial charge in [-0.05, 0) is 12.8 Å². The van der Waals surface area contributed by atoms with E-state index in [4.69, 9.17) is 16.3 Å². The zero-order chi connectivity index (χ0) is 13.7. The van der Waals surface area contributed by atoms with E-state index in [1.165, 1.54) is 0 Å². The van der Waals surface area contributed by atoms with E-state index in [9.17, 15) is 4.79 Å². The highest BCUT2D eigenvalue weighted by molar-refractivity contribution is 6.32. The second kappa shape index (κ2) is 6.66. The average Bonchev–Trinajstić information content (AvgIpc) is 2.27. The van der Waals surface area contributed by atoms with Crippen molar-refractivity contribution in [1.82, 2.24) is 9.97 Å². The molecule has 0 aromatic carbocycles. The van der Waals surface area contributed by atoms with E-state index in [0.29, 0.717) is 30.5 Å². The number of halogens is 1. The quantitative estimate of drug-likeness (QED) is 0.635. The molecule has 1 aromatic heterocycles. The Morgan fingerprint density at radius 3 is 2.61 bits per heavy atom. The molecule has 1 atom stereocenters. The maximum absolute atomic E-state index is 11.0. The Kier molecular flexibility index (Phi) is 5.50. The van der Waals surface area contributed by atoms with Gasteiger partial charge in [0.25, 0.3) is 0 Å². The van der Waals surface area contributed by atoms with Crippen LogP contribution < -0.4 is 5.32 Å². The van der Waals surface area contributed by atoms with Gasteiger partial charge in [-0.15, -0.1) is 0 Å². The van der Waals surface area contributed by atoms with Crippen molar-refractivity contribution in [1.29, 1.82) is 0 Å². The number of ether oxygens (including phenoxy) is 1. The van der Waals surface area contributed by atoms with Crippen molar-refractivity contribution in [2.45, 2.75) is 26.8 Å². The van der Waals surface area contributed by atoms with Gasteiger partial charge in [0.1, 0.15) is 16.8 Å². The van der Waals surface area contributed by atoms with Gasteiger partial charge < -0.3 is 10.1 Å². The third-order valence-corrected chi connectivity index (χ3v) is 2.89. The zero-order valence-corrected chi connectivity index (χ0v) is 11.8. The van der Waals surface area contributed by atoms with Gasteiger partial charge in [-0.3, -0.25) is 4.79 Å². The molecule has 0 amide bonds. The molecule has 6 heteroatoms. The number of carbonyl (C=O) groups excluding carboxylic acids is 1. The smallest absolute Gasteiger partial charge is 0.156 e. The van der Waals surface area contributed by atoms with Crippen LogP contribution in [0.2, 0.25) is 5.15 Å². The van der Waals surface area contributed by atoms with Crippen LogP contribution in [0.25, 0.3) is 0 Å². The fourth-order valence-electron chi connectivity index (χ4n) is 1.52. The van der Waals surface area contributed by atoms with Crippen molar-refractivity contribution in [2.24, 2.45) is 5.92 Å². The summed E-state index contributed by atoms with van der Waals surface area (Å²) in [5.74, 6) is 1.31. The molecule has 100 valence electrons. The van der Waals surface area contributed by atoms with Crippen LogP contribution in [0.15, 0.2) is 0 Å². The highest BCUT2D eigenvalue weighted by Crippen LogP contribution is 2.21. The van der Waals surface area contributed by atoms with Gasteiger partial charge in [-0.1, -0.05) is 25.4 Å². The van der Waals surface area contributed by atoms with Crippen molar-refractivity contribution in [3.8, 4) is 0 Å². The Balaban J connectivity index is 3.04. The van der Waals surface area contributed by atoms with E-state index in [1.807, 2.05) is 0 Å². The predicted octanol–water partition coefficient (Wildman–Crippen LogP) is 2.33. The van der Waals surface area contributed by atoms with Crippen LogP contribution in [0.3, 0.4) is 0 Å². The molecule has 0 saturated heterocycles. The van der Waals surface area contributed by atoms with Crippen molar-refractivity contribution >= 4 is 23.7 Å². The number of nitrogens with zero attached hydrogens (tertiary/aromatic N) is 2. The minimum absolute atomic E-state index is 0.0547. The third kappa shape index (κ3) is 3.65. The Morgan fingerprint density at radius 2 is 2.11 bits per heavy atom. The monoisotopic (exact) mass is 271 g/mol. The van der Waals surface area contributed by atoms with Gasteiger partial charge in [0.2, 0.25) is 0 Å². The molecule has 18 heavy (non-hydrogen) atoms. The molecule has 0 spiro atoms. The lowest BCUT2D eigenvalue weighted by Crippen LogP contribution is -2.31. The van der Waals surface area contributed by atoms with E-state index in [0.717, 1.165) is 0 Å². The predicted molar refractivity (Wildman–Crippen MR) is 71.3 cm³/mol. The molecule has 1 N–H and O–H groups in total. The molecule has 1 rings (SSSR count). The number of hydrogen-bond donors (Lipinski definition) is 1. The molecule has 0 saturated carbocycles. The summed E-state index contributed by atoms with van der Waals surface area (Å²) >= 11 is 5.92. The van der Waals surface area contributed by atoms with Gasteiger partial charge in [-0.2, -0.15) is 0 Å². The molecule has 5 nitrogen and oxygen atoms in total. The summed E-state index contributed by atoms with van der Waals surface area (Å²) in [5.41, 5.74) is 0.281. The van der Waals surface area contributed by atoms with Gasteiger partial charge in [0.15, 0.2) is 6.29 Å². The lowest BCUT2D eigenvalue weighted by molar-refractivity contribution is 0.112. The second-order valence-corrected chi connectivity index (χ2v) is 4.75. The molecule has 1 heterocycles. The van der Waals surface area contributed by atoms with Crippen molar-refractivity contribution in [3.63, 3.8) is 0 Å². The average molecular weight is 272 g/mol. The van der Waals surface area contributed by atoms with Gasteiger partial charge >= 0.3 is 0 Å². The normalized spacial score (nSPS) is 12.6. The number of aryl methyl sites for hydroxylation is 1.